The monoisotopic (exact) mass is 175 g/mol. The Morgan fingerprint density at radius 3 is 2.83 bits per heavy atom. The molecule has 0 aromatic heterocycles. The third-order valence-corrected chi connectivity index (χ3v) is 2.25. The van der Waals surface area contributed by atoms with Gasteiger partial charge in [0.25, 0.3) is 0 Å². The summed E-state index contributed by atoms with van der Waals surface area (Å²) in [5, 5.41) is 0. The number of rotatable bonds is 1. The maximum Gasteiger partial charge on any atom is 0.311 e. The Bertz CT molecular complexity index is 174. The molecule has 2 atom stereocenters. The molecule has 0 aliphatic carbocycles. The lowest BCUT2D eigenvalue weighted by Crippen LogP contribution is -2.42. The number of carbonyl (C=O) groups is 1. The summed E-state index contributed by atoms with van der Waals surface area (Å²) < 4.78 is 17.7. The predicted molar refractivity (Wildman–Crippen MR) is 42.5 cm³/mol. The van der Waals surface area contributed by atoms with Crippen molar-refractivity contribution in [2.75, 3.05) is 27.2 Å². The summed E-state index contributed by atoms with van der Waals surface area (Å²) in [7, 11) is 3.15. The van der Waals surface area contributed by atoms with Gasteiger partial charge in [-0.05, 0) is 20.0 Å². The van der Waals surface area contributed by atoms with Gasteiger partial charge in [-0.1, -0.05) is 0 Å². The minimum atomic E-state index is -1.07. The summed E-state index contributed by atoms with van der Waals surface area (Å²) in [4.78, 5) is 12.9. The first-order valence-corrected chi connectivity index (χ1v) is 4.05. The van der Waals surface area contributed by atoms with Crippen molar-refractivity contribution < 1.29 is 13.9 Å². The molecular formula is C8H14FNO2. The Hall–Kier alpha value is -0.640. The zero-order valence-electron chi connectivity index (χ0n) is 7.42. The second-order valence-electron chi connectivity index (χ2n) is 3.20. The van der Waals surface area contributed by atoms with Crippen LogP contribution in [-0.2, 0) is 9.53 Å². The van der Waals surface area contributed by atoms with Crippen LogP contribution in [0.15, 0.2) is 0 Å². The van der Waals surface area contributed by atoms with E-state index < -0.39 is 18.1 Å². The number of halogens is 1. The molecule has 0 N–H and O–H groups in total. The summed E-state index contributed by atoms with van der Waals surface area (Å²) in [6.45, 7) is 1.10. The van der Waals surface area contributed by atoms with E-state index in [-0.39, 0.29) is 0 Å². The summed E-state index contributed by atoms with van der Waals surface area (Å²) >= 11 is 0. The summed E-state index contributed by atoms with van der Waals surface area (Å²) in [6, 6.07) is 0. The predicted octanol–water partition coefficient (Wildman–Crippen LogP) is 0.449. The highest BCUT2D eigenvalue weighted by Gasteiger charge is 2.33. The Morgan fingerprint density at radius 2 is 2.33 bits per heavy atom. The van der Waals surface area contributed by atoms with Crippen molar-refractivity contribution in [3.8, 4) is 0 Å². The summed E-state index contributed by atoms with van der Waals surface area (Å²) in [5.74, 6) is -0.971. The standard InChI is InChI=1S/C8H14FNO2/c1-10-4-3-6(7(9)5-10)8(11)12-2/h6-7H,3-5H2,1-2H3/t6-,7-/m1/s1. The first-order valence-electron chi connectivity index (χ1n) is 4.05. The molecule has 1 heterocycles. The fourth-order valence-corrected chi connectivity index (χ4v) is 1.47. The third kappa shape index (κ3) is 1.94. The molecule has 0 saturated carbocycles. The van der Waals surface area contributed by atoms with Crippen molar-refractivity contribution in [2.45, 2.75) is 12.6 Å². The van der Waals surface area contributed by atoms with Crippen LogP contribution in [0.25, 0.3) is 0 Å². The van der Waals surface area contributed by atoms with E-state index >= 15 is 0 Å². The van der Waals surface area contributed by atoms with Crippen LogP contribution in [0.1, 0.15) is 6.42 Å². The van der Waals surface area contributed by atoms with Crippen LogP contribution in [0.2, 0.25) is 0 Å². The van der Waals surface area contributed by atoms with Crippen molar-refractivity contribution in [2.24, 2.45) is 5.92 Å². The second-order valence-corrected chi connectivity index (χ2v) is 3.20. The lowest BCUT2D eigenvalue weighted by molar-refractivity contribution is -0.149. The lowest BCUT2D eigenvalue weighted by Gasteiger charge is -2.30. The number of alkyl halides is 1. The molecule has 0 spiro atoms. The molecule has 0 bridgehead atoms. The maximum absolute atomic E-state index is 13.2. The Balaban J connectivity index is 2.50. The lowest BCUT2D eigenvalue weighted by atomic mass is 9.95. The van der Waals surface area contributed by atoms with E-state index in [1.807, 2.05) is 11.9 Å². The molecule has 0 radical (unpaired) electrons. The van der Waals surface area contributed by atoms with Crippen LogP contribution in [0.3, 0.4) is 0 Å². The molecule has 4 heteroatoms. The van der Waals surface area contributed by atoms with Gasteiger partial charge in [0, 0.05) is 6.54 Å². The summed E-state index contributed by atoms with van der Waals surface area (Å²) in [5.41, 5.74) is 0. The molecule has 0 aromatic rings. The third-order valence-electron chi connectivity index (χ3n) is 2.25. The maximum atomic E-state index is 13.2. The molecule has 12 heavy (non-hydrogen) atoms. The summed E-state index contributed by atoms with van der Waals surface area (Å²) in [6.07, 6.45) is -0.513. The highest BCUT2D eigenvalue weighted by molar-refractivity contribution is 5.73. The average molecular weight is 175 g/mol. The van der Waals surface area contributed by atoms with E-state index in [9.17, 15) is 9.18 Å². The number of nitrogens with zero attached hydrogens (tertiary/aromatic N) is 1. The molecule has 3 nitrogen and oxygen atoms in total. The molecule has 1 rings (SSSR count). The number of hydrogen-bond acceptors (Lipinski definition) is 3. The van der Waals surface area contributed by atoms with Gasteiger partial charge in [0.05, 0.1) is 13.0 Å². The highest BCUT2D eigenvalue weighted by Crippen LogP contribution is 2.20. The van der Waals surface area contributed by atoms with E-state index in [4.69, 9.17) is 0 Å². The Kier molecular flexibility index (Phi) is 3.03. The van der Waals surface area contributed by atoms with E-state index in [0.29, 0.717) is 13.0 Å². The topological polar surface area (TPSA) is 29.5 Å². The molecule has 1 aliphatic rings. The van der Waals surface area contributed by atoms with Gasteiger partial charge in [-0.25, -0.2) is 4.39 Å². The zero-order valence-corrected chi connectivity index (χ0v) is 7.42. The van der Waals surface area contributed by atoms with E-state index in [1.54, 1.807) is 0 Å². The molecule has 1 saturated heterocycles. The van der Waals surface area contributed by atoms with Gasteiger partial charge in [-0.2, -0.15) is 0 Å². The van der Waals surface area contributed by atoms with Crippen molar-refractivity contribution in [1.29, 1.82) is 0 Å². The van der Waals surface area contributed by atoms with Crippen molar-refractivity contribution in [1.82, 2.24) is 4.90 Å². The first-order chi connectivity index (χ1) is 5.65. The number of ether oxygens (including phenoxy) is 1. The second kappa shape index (κ2) is 3.85. The quantitative estimate of drug-likeness (QED) is 0.542. The normalized spacial score (nSPS) is 31.6. The van der Waals surface area contributed by atoms with Crippen molar-refractivity contribution in [3.63, 3.8) is 0 Å². The molecule has 70 valence electrons. The van der Waals surface area contributed by atoms with E-state index in [2.05, 4.69) is 4.74 Å². The number of esters is 1. The van der Waals surface area contributed by atoms with Gasteiger partial charge < -0.3 is 9.64 Å². The van der Waals surface area contributed by atoms with Crippen molar-refractivity contribution in [3.05, 3.63) is 0 Å². The van der Waals surface area contributed by atoms with Crippen LogP contribution >= 0.6 is 0 Å². The molecule has 1 fully saturated rings. The van der Waals surface area contributed by atoms with Gasteiger partial charge in [0.2, 0.25) is 0 Å². The van der Waals surface area contributed by atoms with Crippen LogP contribution in [-0.4, -0.2) is 44.3 Å². The minimum absolute atomic E-state index is 0.333. The average Bonchev–Trinajstić information content (AvgIpc) is 2.03. The fraction of sp³-hybridized carbons (Fsp3) is 0.875. The van der Waals surface area contributed by atoms with E-state index in [0.717, 1.165) is 6.54 Å². The van der Waals surface area contributed by atoms with Crippen molar-refractivity contribution >= 4 is 5.97 Å². The smallest absolute Gasteiger partial charge is 0.311 e. The van der Waals surface area contributed by atoms with Gasteiger partial charge >= 0.3 is 5.97 Å². The van der Waals surface area contributed by atoms with Crippen LogP contribution < -0.4 is 0 Å². The van der Waals surface area contributed by atoms with Crippen LogP contribution in [0.5, 0.6) is 0 Å². The van der Waals surface area contributed by atoms with Gasteiger partial charge in [0.1, 0.15) is 6.17 Å². The largest absolute Gasteiger partial charge is 0.469 e. The highest BCUT2D eigenvalue weighted by atomic mass is 19.1. The number of methoxy groups -OCH3 is 1. The van der Waals surface area contributed by atoms with E-state index in [1.165, 1.54) is 7.11 Å². The number of hydrogen-bond donors (Lipinski definition) is 0. The molecular weight excluding hydrogens is 161 g/mol. The van der Waals surface area contributed by atoms with Gasteiger partial charge in [-0.15, -0.1) is 0 Å². The number of likely N-dealkylation sites (tertiary alicyclic amines) is 1. The molecule has 0 unspecified atom stereocenters. The SMILES string of the molecule is COC(=O)[C@@H]1CCN(C)C[C@H]1F. The molecule has 0 amide bonds. The van der Waals surface area contributed by atoms with Crippen LogP contribution in [0.4, 0.5) is 4.39 Å². The fourth-order valence-electron chi connectivity index (χ4n) is 1.47. The molecule has 0 aromatic carbocycles. The Labute approximate surface area is 71.5 Å². The number of carbonyl (C=O) groups excluding carboxylic acids is 1. The minimum Gasteiger partial charge on any atom is -0.469 e. The molecule has 1 aliphatic heterocycles. The van der Waals surface area contributed by atoms with Crippen LogP contribution in [0, 0.1) is 5.92 Å². The zero-order chi connectivity index (χ0) is 9.14. The van der Waals surface area contributed by atoms with Gasteiger partial charge in [0.15, 0.2) is 0 Å². The number of piperidine rings is 1. The van der Waals surface area contributed by atoms with Gasteiger partial charge in [-0.3, -0.25) is 4.79 Å². The first kappa shape index (κ1) is 9.45. The Morgan fingerprint density at radius 1 is 1.67 bits per heavy atom.